The molecular formula is C19H23FN6. The molecule has 0 radical (unpaired) electrons. The normalized spacial score (nSPS) is 17.9. The van der Waals surface area contributed by atoms with Gasteiger partial charge in [0.25, 0.3) is 0 Å². The Morgan fingerprint density at radius 1 is 1.15 bits per heavy atom. The van der Waals surface area contributed by atoms with Gasteiger partial charge in [-0.3, -0.25) is 9.97 Å². The number of piperazine rings is 1. The first-order valence-electron chi connectivity index (χ1n) is 8.95. The van der Waals surface area contributed by atoms with Crippen LogP contribution in [0.5, 0.6) is 0 Å². The van der Waals surface area contributed by atoms with Crippen molar-refractivity contribution in [3.63, 3.8) is 0 Å². The number of hydrogen-bond acceptors (Lipinski definition) is 6. The van der Waals surface area contributed by atoms with E-state index in [4.69, 9.17) is 0 Å². The maximum absolute atomic E-state index is 14.4. The van der Waals surface area contributed by atoms with Gasteiger partial charge in [-0.1, -0.05) is 0 Å². The number of rotatable bonds is 4. The van der Waals surface area contributed by atoms with E-state index in [9.17, 15) is 4.39 Å². The van der Waals surface area contributed by atoms with Gasteiger partial charge in [0.1, 0.15) is 5.82 Å². The maximum Gasteiger partial charge on any atom is 0.130 e. The van der Waals surface area contributed by atoms with Crippen LogP contribution in [0.3, 0.4) is 0 Å². The third kappa shape index (κ3) is 3.35. The van der Waals surface area contributed by atoms with Gasteiger partial charge >= 0.3 is 0 Å². The van der Waals surface area contributed by atoms with Crippen LogP contribution in [0.25, 0.3) is 11.0 Å². The Hall–Kier alpha value is -2.67. The molecule has 2 aliphatic rings. The molecular weight excluding hydrogens is 331 g/mol. The lowest BCUT2D eigenvalue weighted by molar-refractivity contribution is 0.296. The standard InChI is InChI=1S/C19H23FN6/c1-13-10-22-12-18(19(13)26-6-4-21-5-7-26)25-11-14-8-16-17(9-15(14)20)24-3-2-23-16/h2-3,8-9,12,21-22,25H,4-7,10-11H2,1H3. The van der Waals surface area contributed by atoms with Crippen molar-refractivity contribution in [2.24, 2.45) is 0 Å². The number of halogens is 1. The van der Waals surface area contributed by atoms with Crippen LogP contribution in [0.15, 0.2) is 47.7 Å². The van der Waals surface area contributed by atoms with Crippen molar-refractivity contribution >= 4 is 11.0 Å². The van der Waals surface area contributed by atoms with E-state index in [1.54, 1.807) is 18.5 Å². The molecule has 3 heterocycles. The van der Waals surface area contributed by atoms with Crippen LogP contribution in [-0.4, -0.2) is 47.6 Å². The highest BCUT2D eigenvalue weighted by molar-refractivity contribution is 5.74. The lowest BCUT2D eigenvalue weighted by Crippen LogP contribution is -2.45. The molecule has 2 aromatic rings. The number of hydrogen-bond donors (Lipinski definition) is 3. The average Bonchev–Trinajstić information content (AvgIpc) is 2.67. The van der Waals surface area contributed by atoms with Gasteiger partial charge in [-0.05, 0) is 18.6 Å². The lowest BCUT2D eigenvalue weighted by Gasteiger charge is -2.36. The van der Waals surface area contributed by atoms with E-state index < -0.39 is 0 Å². The van der Waals surface area contributed by atoms with Gasteiger partial charge in [0, 0.05) is 69.5 Å². The molecule has 6 nitrogen and oxygen atoms in total. The van der Waals surface area contributed by atoms with Crippen LogP contribution in [0.2, 0.25) is 0 Å². The monoisotopic (exact) mass is 354 g/mol. The van der Waals surface area contributed by atoms with Crippen LogP contribution in [0.1, 0.15) is 12.5 Å². The zero-order chi connectivity index (χ0) is 17.9. The number of benzene rings is 1. The highest BCUT2D eigenvalue weighted by Crippen LogP contribution is 2.22. The maximum atomic E-state index is 14.4. The minimum atomic E-state index is -0.265. The van der Waals surface area contributed by atoms with Gasteiger partial charge in [0.05, 0.1) is 22.4 Å². The largest absolute Gasteiger partial charge is 0.385 e. The van der Waals surface area contributed by atoms with Gasteiger partial charge in [0.2, 0.25) is 0 Å². The number of aromatic nitrogens is 2. The molecule has 1 saturated heterocycles. The molecule has 0 bridgehead atoms. The highest BCUT2D eigenvalue weighted by atomic mass is 19.1. The fourth-order valence-electron chi connectivity index (χ4n) is 3.51. The summed E-state index contributed by atoms with van der Waals surface area (Å²) in [6.07, 6.45) is 5.19. The van der Waals surface area contributed by atoms with Crippen molar-refractivity contribution in [1.29, 1.82) is 0 Å². The molecule has 136 valence electrons. The van der Waals surface area contributed by atoms with Gasteiger partial charge in [-0.2, -0.15) is 0 Å². The highest BCUT2D eigenvalue weighted by Gasteiger charge is 2.21. The Morgan fingerprint density at radius 3 is 2.65 bits per heavy atom. The van der Waals surface area contributed by atoms with E-state index in [0.29, 0.717) is 23.1 Å². The third-order valence-corrected chi connectivity index (χ3v) is 4.81. The Morgan fingerprint density at radius 2 is 1.88 bits per heavy atom. The van der Waals surface area contributed by atoms with Crippen molar-refractivity contribution in [3.05, 3.63) is 59.1 Å². The van der Waals surface area contributed by atoms with E-state index in [-0.39, 0.29) is 5.82 Å². The molecule has 0 saturated carbocycles. The minimum absolute atomic E-state index is 0.265. The Balaban J connectivity index is 1.54. The molecule has 0 aliphatic carbocycles. The van der Waals surface area contributed by atoms with Crippen molar-refractivity contribution < 1.29 is 4.39 Å². The molecule has 0 unspecified atom stereocenters. The van der Waals surface area contributed by atoms with E-state index >= 15 is 0 Å². The van der Waals surface area contributed by atoms with Gasteiger partial charge < -0.3 is 20.9 Å². The summed E-state index contributed by atoms with van der Waals surface area (Å²) in [5, 5.41) is 10.1. The van der Waals surface area contributed by atoms with Crippen LogP contribution in [0.4, 0.5) is 4.39 Å². The van der Waals surface area contributed by atoms with Crippen molar-refractivity contribution in [2.45, 2.75) is 13.5 Å². The quantitative estimate of drug-likeness (QED) is 0.773. The van der Waals surface area contributed by atoms with Crippen molar-refractivity contribution in [1.82, 2.24) is 30.8 Å². The van der Waals surface area contributed by atoms with Crippen molar-refractivity contribution in [3.8, 4) is 0 Å². The van der Waals surface area contributed by atoms with Crippen LogP contribution >= 0.6 is 0 Å². The summed E-state index contributed by atoms with van der Waals surface area (Å²) in [7, 11) is 0. The predicted octanol–water partition coefficient (Wildman–Crippen LogP) is 1.48. The molecule has 0 atom stereocenters. The zero-order valence-electron chi connectivity index (χ0n) is 14.8. The smallest absolute Gasteiger partial charge is 0.130 e. The van der Waals surface area contributed by atoms with E-state index in [0.717, 1.165) is 38.4 Å². The second-order valence-electron chi connectivity index (χ2n) is 6.65. The summed E-state index contributed by atoms with van der Waals surface area (Å²) in [6, 6.07) is 3.22. The van der Waals surface area contributed by atoms with Crippen LogP contribution in [-0.2, 0) is 6.54 Å². The van der Waals surface area contributed by atoms with E-state index in [2.05, 4.69) is 37.7 Å². The first kappa shape index (κ1) is 16.8. The minimum Gasteiger partial charge on any atom is -0.385 e. The van der Waals surface area contributed by atoms with Crippen LogP contribution in [0, 0.1) is 5.82 Å². The van der Waals surface area contributed by atoms with E-state index in [1.165, 1.54) is 17.3 Å². The summed E-state index contributed by atoms with van der Waals surface area (Å²) >= 11 is 0. The predicted molar refractivity (Wildman–Crippen MR) is 99.6 cm³/mol. The second-order valence-corrected chi connectivity index (χ2v) is 6.65. The zero-order valence-corrected chi connectivity index (χ0v) is 14.8. The van der Waals surface area contributed by atoms with Gasteiger partial charge in [0.15, 0.2) is 0 Å². The number of dihydropyridines is 1. The first-order valence-corrected chi connectivity index (χ1v) is 8.95. The fraction of sp³-hybridized carbons (Fsp3) is 0.368. The van der Waals surface area contributed by atoms with Crippen molar-refractivity contribution in [2.75, 3.05) is 32.7 Å². The Kier molecular flexibility index (Phi) is 4.71. The Labute approximate surface area is 152 Å². The molecule has 26 heavy (non-hydrogen) atoms. The molecule has 1 aromatic carbocycles. The van der Waals surface area contributed by atoms with Crippen LogP contribution < -0.4 is 16.0 Å². The number of nitrogens with zero attached hydrogens (tertiary/aromatic N) is 3. The summed E-state index contributed by atoms with van der Waals surface area (Å²) in [6.45, 7) is 7.30. The molecule has 1 aromatic heterocycles. The second kappa shape index (κ2) is 7.29. The molecule has 7 heteroatoms. The lowest BCUT2D eigenvalue weighted by atomic mass is 10.1. The Bertz CT molecular complexity index is 869. The molecule has 4 rings (SSSR count). The fourth-order valence-corrected chi connectivity index (χ4v) is 3.51. The third-order valence-electron chi connectivity index (χ3n) is 4.81. The van der Waals surface area contributed by atoms with Gasteiger partial charge in [-0.25, -0.2) is 4.39 Å². The topological polar surface area (TPSA) is 65.1 Å². The van der Waals surface area contributed by atoms with Gasteiger partial charge in [-0.15, -0.1) is 0 Å². The molecule has 0 spiro atoms. The first-order chi connectivity index (χ1) is 12.7. The summed E-state index contributed by atoms with van der Waals surface area (Å²) in [5.41, 5.74) is 5.39. The molecule has 1 fully saturated rings. The SMILES string of the molecule is CC1=C(N2CCNCC2)C(NCc2cc3nccnc3cc2F)=CNC1. The molecule has 0 amide bonds. The summed E-state index contributed by atoms with van der Waals surface area (Å²) < 4.78 is 14.4. The summed E-state index contributed by atoms with van der Waals surface area (Å²) in [4.78, 5) is 10.8. The molecule has 2 aliphatic heterocycles. The summed E-state index contributed by atoms with van der Waals surface area (Å²) in [5.74, 6) is -0.265. The van der Waals surface area contributed by atoms with E-state index in [1.807, 2.05) is 6.20 Å². The number of fused-ring (bicyclic) bond motifs is 1. The number of nitrogens with one attached hydrogen (secondary N) is 3. The molecule has 3 N–H and O–H groups in total. The average molecular weight is 354 g/mol.